The zero-order valence-electron chi connectivity index (χ0n) is 14.3. The van der Waals surface area contributed by atoms with Crippen molar-refractivity contribution in [2.45, 2.75) is 39.7 Å². The molecule has 0 unspecified atom stereocenters. The van der Waals surface area contributed by atoms with E-state index in [1.54, 1.807) is 29.1 Å². The SMILES string of the molecule is CCCCn1nccc1NC(=O)COc1ccc(OCCC)cc1. The Hall–Kier alpha value is -2.50. The number of nitrogens with zero attached hydrogens (tertiary/aromatic N) is 2. The Bertz CT molecular complexity index is 623. The number of amides is 1. The van der Waals surface area contributed by atoms with Crippen molar-refractivity contribution in [1.29, 1.82) is 0 Å². The second kappa shape index (κ2) is 9.60. The van der Waals surface area contributed by atoms with Crippen molar-refractivity contribution in [3.63, 3.8) is 0 Å². The van der Waals surface area contributed by atoms with Crippen LogP contribution >= 0.6 is 0 Å². The number of benzene rings is 1. The molecule has 24 heavy (non-hydrogen) atoms. The Labute approximate surface area is 142 Å². The fourth-order valence-corrected chi connectivity index (χ4v) is 2.10. The molecule has 1 amide bonds. The van der Waals surface area contributed by atoms with Gasteiger partial charge in [0.05, 0.1) is 12.8 Å². The van der Waals surface area contributed by atoms with E-state index in [1.807, 2.05) is 12.1 Å². The van der Waals surface area contributed by atoms with E-state index in [2.05, 4.69) is 24.3 Å². The van der Waals surface area contributed by atoms with Crippen LogP contribution in [0.3, 0.4) is 0 Å². The lowest BCUT2D eigenvalue weighted by atomic mass is 10.3. The van der Waals surface area contributed by atoms with Gasteiger partial charge in [-0.15, -0.1) is 0 Å². The van der Waals surface area contributed by atoms with Crippen molar-refractivity contribution in [2.24, 2.45) is 0 Å². The predicted molar refractivity (Wildman–Crippen MR) is 93.5 cm³/mol. The number of unbranched alkanes of at least 4 members (excludes halogenated alkanes) is 1. The molecule has 0 radical (unpaired) electrons. The topological polar surface area (TPSA) is 65.4 Å². The summed E-state index contributed by atoms with van der Waals surface area (Å²) in [5, 5.41) is 7.03. The summed E-state index contributed by atoms with van der Waals surface area (Å²) in [4.78, 5) is 12.0. The van der Waals surface area contributed by atoms with Gasteiger partial charge in [-0.3, -0.25) is 4.79 Å². The summed E-state index contributed by atoms with van der Waals surface area (Å²) in [5.41, 5.74) is 0. The molecule has 0 fully saturated rings. The maximum Gasteiger partial charge on any atom is 0.263 e. The monoisotopic (exact) mass is 331 g/mol. The van der Waals surface area contributed by atoms with Crippen molar-refractivity contribution >= 4 is 11.7 Å². The van der Waals surface area contributed by atoms with Crippen molar-refractivity contribution in [3.8, 4) is 11.5 Å². The maximum atomic E-state index is 12.0. The number of carbonyl (C=O) groups is 1. The Kier molecular flexibility index (Phi) is 7.14. The summed E-state index contributed by atoms with van der Waals surface area (Å²) in [5.74, 6) is 1.92. The van der Waals surface area contributed by atoms with E-state index in [1.165, 1.54) is 0 Å². The molecule has 1 aromatic carbocycles. The van der Waals surface area contributed by atoms with E-state index >= 15 is 0 Å². The van der Waals surface area contributed by atoms with Crippen LogP contribution in [0.15, 0.2) is 36.5 Å². The van der Waals surface area contributed by atoms with Gasteiger partial charge in [0.25, 0.3) is 5.91 Å². The van der Waals surface area contributed by atoms with Crippen LogP contribution in [0, 0.1) is 0 Å². The Morgan fingerprint density at radius 3 is 2.46 bits per heavy atom. The first-order chi connectivity index (χ1) is 11.7. The minimum absolute atomic E-state index is 0.0475. The second-order valence-corrected chi connectivity index (χ2v) is 5.45. The molecule has 1 aromatic heterocycles. The Morgan fingerprint density at radius 1 is 1.08 bits per heavy atom. The minimum Gasteiger partial charge on any atom is -0.494 e. The Balaban J connectivity index is 1.79. The van der Waals surface area contributed by atoms with Crippen LogP contribution in [0.5, 0.6) is 11.5 Å². The largest absolute Gasteiger partial charge is 0.494 e. The highest BCUT2D eigenvalue weighted by molar-refractivity contribution is 5.91. The van der Waals surface area contributed by atoms with Crippen molar-refractivity contribution in [1.82, 2.24) is 9.78 Å². The van der Waals surface area contributed by atoms with E-state index in [9.17, 15) is 4.79 Å². The lowest BCUT2D eigenvalue weighted by Crippen LogP contribution is -2.22. The van der Waals surface area contributed by atoms with Crippen molar-refractivity contribution < 1.29 is 14.3 Å². The maximum absolute atomic E-state index is 12.0. The second-order valence-electron chi connectivity index (χ2n) is 5.45. The van der Waals surface area contributed by atoms with E-state index in [0.29, 0.717) is 18.2 Å². The van der Waals surface area contributed by atoms with Gasteiger partial charge in [0.15, 0.2) is 6.61 Å². The Morgan fingerprint density at radius 2 is 1.79 bits per heavy atom. The van der Waals surface area contributed by atoms with E-state index < -0.39 is 0 Å². The van der Waals surface area contributed by atoms with Crippen LogP contribution in [0.25, 0.3) is 0 Å². The first-order valence-electron chi connectivity index (χ1n) is 8.40. The number of anilines is 1. The molecule has 6 nitrogen and oxygen atoms in total. The van der Waals surface area contributed by atoms with Crippen LogP contribution in [-0.4, -0.2) is 28.9 Å². The highest BCUT2D eigenvalue weighted by atomic mass is 16.5. The number of hydrogen-bond donors (Lipinski definition) is 1. The molecule has 130 valence electrons. The number of ether oxygens (including phenoxy) is 2. The third kappa shape index (κ3) is 5.61. The zero-order chi connectivity index (χ0) is 17.2. The van der Waals surface area contributed by atoms with Gasteiger partial charge in [0, 0.05) is 12.6 Å². The fraction of sp³-hybridized carbons (Fsp3) is 0.444. The quantitative estimate of drug-likeness (QED) is 0.724. The summed E-state index contributed by atoms with van der Waals surface area (Å²) in [7, 11) is 0. The molecule has 0 saturated heterocycles. The smallest absolute Gasteiger partial charge is 0.263 e. The molecule has 0 aliphatic rings. The molecule has 2 aromatic rings. The number of carbonyl (C=O) groups excluding carboxylic acids is 1. The van der Waals surface area contributed by atoms with E-state index in [0.717, 1.165) is 31.6 Å². The molecule has 0 atom stereocenters. The zero-order valence-corrected chi connectivity index (χ0v) is 14.3. The number of aromatic nitrogens is 2. The van der Waals surface area contributed by atoms with Crippen molar-refractivity contribution in [3.05, 3.63) is 36.5 Å². The van der Waals surface area contributed by atoms with Gasteiger partial charge in [0.2, 0.25) is 0 Å². The summed E-state index contributed by atoms with van der Waals surface area (Å²) < 4.78 is 12.8. The molecular weight excluding hydrogens is 306 g/mol. The van der Waals surface area contributed by atoms with Crippen LogP contribution in [0.2, 0.25) is 0 Å². The average Bonchev–Trinajstić information content (AvgIpc) is 3.04. The van der Waals surface area contributed by atoms with Crippen molar-refractivity contribution in [2.75, 3.05) is 18.5 Å². The first kappa shape index (κ1) is 17.8. The summed E-state index contributed by atoms with van der Waals surface area (Å²) in [6.45, 7) is 5.61. The standard InChI is InChI=1S/C18H25N3O3/c1-3-5-12-21-17(10-11-19-21)20-18(22)14-24-16-8-6-15(7-9-16)23-13-4-2/h6-11H,3-5,12-14H2,1-2H3,(H,20,22). The molecule has 0 spiro atoms. The van der Waals surface area contributed by atoms with Gasteiger partial charge in [-0.1, -0.05) is 20.3 Å². The molecular formula is C18H25N3O3. The number of hydrogen-bond acceptors (Lipinski definition) is 4. The molecule has 0 aliphatic carbocycles. The van der Waals surface area contributed by atoms with Crippen LogP contribution < -0.4 is 14.8 Å². The molecule has 0 aliphatic heterocycles. The van der Waals surface area contributed by atoms with Crippen LogP contribution in [0.1, 0.15) is 33.1 Å². The van der Waals surface area contributed by atoms with Gasteiger partial charge < -0.3 is 14.8 Å². The lowest BCUT2D eigenvalue weighted by molar-refractivity contribution is -0.118. The molecule has 0 saturated carbocycles. The normalized spacial score (nSPS) is 10.4. The van der Waals surface area contributed by atoms with Crippen LogP contribution in [-0.2, 0) is 11.3 Å². The summed E-state index contributed by atoms with van der Waals surface area (Å²) in [6, 6.07) is 9.05. The molecule has 1 heterocycles. The number of aryl methyl sites for hydroxylation is 1. The van der Waals surface area contributed by atoms with E-state index in [4.69, 9.17) is 9.47 Å². The molecule has 2 rings (SSSR count). The number of rotatable bonds is 10. The predicted octanol–water partition coefficient (Wildman–Crippen LogP) is 3.49. The highest BCUT2D eigenvalue weighted by Crippen LogP contribution is 2.17. The lowest BCUT2D eigenvalue weighted by Gasteiger charge is -2.10. The van der Waals surface area contributed by atoms with Gasteiger partial charge in [-0.2, -0.15) is 5.10 Å². The number of nitrogens with one attached hydrogen (secondary N) is 1. The fourth-order valence-electron chi connectivity index (χ4n) is 2.10. The van der Waals surface area contributed by atoms with Crippen LogP contribution in [0.4, 0.5) is 5.82 Å². The van der Waals surface area contributed by atoms with Gasteiger partial charge >= 0.3 is 0 Å². The van der Waals surface area contributed by atoms with Gasteiger partial charge in [-0.25, -0.2) is 4.68 Å². The summed E-state index contributed by atoms with van der Waals surface area (Å²) >= 11 is 0. The third-order valence-corrected chi connectivity index (χ3v) is 3.37. The van der Waals surface area contributed by atoms with Gasteiger partial charge in [-0.05, 0) is 37.1 Å². The van der Waals surface area contributed by atoms with Gasteiger partial charge in [0.1, 0.15) is 17.3 Å². The highest BCUT2D eigenvalue weighted by Gasteiger charge is 2.08. The third-order valence-electron chi connectivity index (χ3n) is 3.37. The summed E-state index contributed by atoms with van der Waals surface area (Å²) in [6.07, 6.45) is 4.75. The average molecular weight is 331 g/mol. The first-order valence-corrected chi connectivity index (χ1v) is 8.40. The molecule has 6 heteroatoms. The molecule has 1 N–H and O–H groups in total. The molecule has 0 bridgehead atoms. The minimum atomic E-state index is -0.209. The van der Waals surface area contributed by atoms with E-state index in [-0.39, 0.29) is 12.5 Å².